The highest BCUT2D eigenvalue weighted by Crippen LogP contribution is 2.70. The molecule has 8 aliphatic carbocycles. The van der Waals surface area contributed by atoms with Crippen LogP contribution in [0.15, 0.2) is 0 Å². The van der Waals surface area contributed by atoms with Crippen LogP contribution in [0.2, 0.25) is 0 Å². The van der Waals surface area contributed by atoms with E-state index < -0.39 is 43.9 Å². The lowest BCUT2D eigenvalue weighted by Crippen LogP contribution is -2.58. The van der Waals surface area contributed by atoms with Crippen LogP contribution in [0.4, 0.5) is 0 Å². The molecule has 440 valence electrons. The van der Waals surface area contributed by atoms with Gasteiger partial charge < -0.3 is 30.3 Å². The van der Waals surface area contributed by atoms with Crippen molar-refractivity contribution >= 4 is 44.0 Å². The van der Waals surface area contributed by atoms with Crippen molar-refractivity contribution in [1.29, 1.82) is 0 Å². The van der Waals surface area contributed by atoms with Gasteiger partial charge in [-0.1, -0.05) is 48.0 Å². The number of rotatable bonds is 22. The Kier molecular flexibility index (Phi) is 19.1. The van der Waals surface area contributed by atoms with Crippen molar-refractivity contribution < 1.29 is 64.8 Å². The van der Waals surface area contributed by atoms with E-state index >= 15 is 0 Å². The molecule has 0 bridgehead atoms. The first-order valence-electron chi connectivity index (χ1n) is 30.3. The van der Waals surface area contributed by atoms with Crippen LogP contribution in [0.5, 0.6) is 0 Å². The number of nitrogens with one attached hydrogen (secondary N) is 2. The van der Waals surface area contributed by atoms with Crippen molar-refractivity contribution in [2.24, 2.45) is 92.7 Å². The van der Waals surface area contributed by atoms with Gasteiger partial charge >= 0.3 is 11.9 Å². The summed E-state index contributed by atoms with van der Waals surface area (Å²) in [6.45, 7) is 14.0. The average molecular weight is 1120 g/mol. The Morgan fingerprint density at radius 2 is 0.870 bits per heavy atom. The summed E-state index contributed by atoms with van der Waals surface area (Å²) in [6, 6.07) is 0. The highest BCUT2D eigenvalue weighted by molar-refractivity contribution is 7.86. The van der Waals surface area contributed by atoms with E-state index in [1.807, 2.05) is 0 Å². The normalized spacial score (nSPS) is 41.2. The molecule has 0 aliphatic heterocycles. The van der Waals surface area contributed by atoms with Crippen molar-refractivity contribution in [2.45, 2.75) is 226 Å². The fourth-order valence-electron chi connectivity index (χ4n) is 19.7. The van der Waals surface area contributed by atoms with Crippen LogP contribution < -0.4 is 10.6 Å². The number of unbranched alkanes of at least 4 members (excludes halogenated alkanes) is 2. The molecule has 0 aromatic carbocycles. The molecule has 0 spiro atoms. The summed E-state index contributed by atoms with van der Waals surface area (Å²) in [5.41, 5.74) is 0.325. The second-order valence-electron chi connectivity index (χ2n) is 27.7. The van der Waals surface area contributed by atoms with Crippen molar-refractivity contribution in [1.82, 2.24) is 10.6 Å². The molecule has 77 heavy (non-hydrogen) atoms. The fourth-order valence-corrected chi connectivity index (χ4v) is 20.4. The summed E-state index contributed by atoms with van der Waals surface area (Å²) in [7, 11) is -8.25. The zero-order chi connectivity index (χ0) is 55.9. The van der Waals surface area contributed by atoms with Crippen molar-refractivity contribution in [3.63, 3.8) is 0 Å². The van der Waals surface area contributed by atoms with Crippen LogP contribution in [-0.4, -0.2) is 109 Å². The second kappa shape index (κ2) is 24.2. The maximum absolute atomic E-state index is 13.2. The topological polar surface area (TPSA) is 260 Å². The summed E-state index contributed by atoms with van der Waals surface area (Å²) in [4.78, 5) is 51.4. The summed E-state index contributed by atoms with van der Waals surface area (Å²) >= 11 is 0. The molecule has 16 nitrogen and oxygen atoms in total. The number of ether oxygens (including phenoxy) is 2. The minimum absolute atomic E-state index is 0.0796. The summed E-state index contributed by atoms with van der Waals surface area (Å²) < 4.78 is 74.4. The number of aliphatic hydroxyl groups excluding tert-OH is 2. The maximum atomic E-state index is 13.2. The Hall–Kier alpha value is -2.38. The smallest absolute Gasteiger partial charge is 0.306 e. The lowest BCUT2D eigenvalue weighted by atomic mass is 9.43. The van der Waals surface area contributed by atoms with Crippen LogP contribution in [-0.2, 0) is 48.9 Å². The number of carbonyl (C=O) groups is 4. The van der Waals surface area contributed by atoms with E-state index in [1.165, 1.54) is 0 Å². The predicted octanol–water partition coefficient (Wildman–Crippen LogP) is 8.86. The molecule has 8 saturated carbocycles. The Labute approximate surface area is 461 Å². The molecule has 18 heteroatoms. The number of esters is 2. The van der Waals surface area contributed by atoms with Crippen molar-refractivity contribution in [3.05, 3.63) is 0 Å². The first-order chi connectivity index (χ1) is 36.1. The average Bonchev–Trinajstić information content (AvgIpc) is 3.89. The molecular weight excluding hydrogens is 1020 g/mol. The number of fused-ring (bicyclic) bond motifs is 10. The van der Waals surface area contributed by atoms with E-state index in [1.54, 1.807) is 0 Å². The summed E-state index contributed by atoms with van der Waals surface area (Å²) in [5.74, 6) is 2.45. The summed E-state index contributed by atoms with van der Waals surface area (Å²) in [6.07, 6.45) is 18.9. The van der Waals surface area contributed by atoms with E-state index in [4.69, 9.17) is 18.6 Å². The predicted molar refractivity (Wildman–Crippen MR) is 292 cm³/mol. The monoisotopic (exact) mass is 1120 g/mol. The lowest BCUT2D eigenvalue weighted by Gasteiger charge is -2.62. The first-order valence-corrected chi connectivity index (χ1v) is 33.6. The first kappa shape index (κ1) is 60.7. The van der Waals surface area contributed by atoms with Gasteiger partial charge in [0.15, 0.2) is 0 Å². The van der Waals surface area contributed by atoms with Gasteiger partial charge in [-0.3, -0.25) is 28.3 Å². The lowest BCUT2D eigenvalue weighted by molar-refractivity contribution is -0.183. The van der Waals surface area contributed by atoms with Crippen LogP contribution in [0.3, 0.4) is 0 Å². The highest BCUT2D eigenvalue weighted by Gasteiger charge is 2.65. The maximum Gasteiger partial charge on any atom is 0.306 e. The van der Waals surface area contributed by atoms with Gasteiger partial charge in [0.1, 0.15) is 12.2 Å². The number of hydrogen-bond acceptors (Lipinski definition) is 12. The van der Waals surface area contributed by atoms with E-state index in [9.17, 15) is 46.2 Å². The van der Waals surface area contributed by atoms with E-state index in [0.29, 0.717) is 98.7 Å². The van der Waals surface area contributed by atoms with Gasteiger partial charge in [-0.25, -0.2) is 0 Å². The second-order valence-corrected chi connectivity index (χ2v) is 30.8. The van der Waals surface area contributed by atoms with Gasteiger partial charge in [0.25, 0.3) is 20.2 Å². The molecule has 0 saturated heterocycles. The van der Waals surface area contributed by atoms with Crippen molar-refractivity contribution in [2.75, 3.05) is 24.6 Å². The minimum Gasteiger partial charge on any atom is -0.462 e. The van der Waals surface area contributed by atoms with E-state index in [-0.39, 0.29) is 94.4 Å². The van der Waals surface area contributed by atoms with Crippen LogP contribution in [0, 0.1) is 92.7 Å². The third-order valence-corrected chi connectivity index (χ3v) is 25.1. The molecule has 0 aromatic rings. The van der Waals surface area contributed by atoms with Gasteiger partial charge in [0.2, 0.25) is 11.8 Å². The molecular formula is C59H98N2O14S2. The minimum atomic E-state index is -4.12. The third kappa shape index (κ3) is 13.4. The SMILES string of the molecule is C[C@H](CCC(=O)NCCS(=O)(=O)O)[C@H]1CC[C@H]2[C@H]3C(CC[C@]12C)[C@@]1(C)CC[C@@H](OC(=O)CCCCCC(=O)O[C@@H]2CC[C@@]4(C)C(C2)C[C@H](O)[C@H]2[C@@H]5CC[C@H]([C@H](C)CCC(=O)NCCS(=O)(=O)O)[C@@]5(C)CC[C@@H]24)CC1C[C@@H]3O. The van der Waals surface area contributed by atoms with Crippen LogP contribution in [0.25, 0.3) is 0 Å². The molecule has 6 N–H and O–H groups in total. The molecule has 3 unspecified atom stereocenters. The molecule has 0 aromatic heterocycles. The number of hydrogen-bond donors (Lipinski definition) is 6. The molecule has 8 aliphatic rings. The Morgan fingerprint density at radius 3 is 1.25 bits per heavy atom. The van der Waals surface area contributed by atoms with Crippen molar-refractivity contribution in [3.8, 4) is 0 Å². The van der Waals surface area contributed by atoms with Gasteiger partial charge in [0, 0.05) is 38.8 Å². The highest BCUT2D eigenvalue weighted by atomic mass is 32.2. The van der Waals surface area contributed by atoms with E-state index in [2.05, 4.69) is 52.2 Å². The van der Waals surface area contributed by atoms with Gasteiger partial charge in [-0.2, -0.15) is 16.8 Å². The van der Waals surface area contributed by atoms with Gasteiger partial charge in [-0.15, -0.1) is 0 Å². The molecule has 8 rings (SSSR count). The van der Waals surface area contributed by atoms with E-state index in [0.717, 1.165) is 109 Å². The molecule has 2 amide bonds. The Bertz CT molecular complexity index is 2180. The number of aliphatic hydroxyl groups is 2. The molecule has 0 heterocycles. The Morgan fingerprint density at radius 1 is 0.506 bits per heavy atom. The standard InChI is InChI=1S/C59H98N2O14S2/c1-36(12-18-50(64)60-28-30-76(68,69)70)42-14-16-44-54-46(22-26-58(42,44)5)56(3)24-20-40(32-38(56)34-48(54)62)74-52(66)10-8-7-9-11-53(67)75-41-21-25-57(4)39(33-41)35-49(63)55-45-17-15-43(59(45,6)27-23-47(55)57)37(2)13-19-51(65)61-29-31-77(71,72)73/h36-49,54-55,62-63H,7-35H2,1-6H3,(H,60,64)(H,61,65)(H,68,69,70)(H,71,72,73)/t36-,37-,38?,39?,40-,41-,42-,43-,44+,45+,46+,47?,48+,49+,54+,55+,56+,57+,58-,59-/m1/s1. The fraction of sp³-hybridized carbons (Fsp3) is 0.932. The largest absolute Gasteiger partial charge is 0.462 e. The third-order valence-electron chi connectivity index (χ3n) is 23.7. The summed E-state index contributed by atoms with van der Waals surface area (Å²) in [5, 5.41) is 29.1. The quantitative estimate of drug-likeness (QED) is 0.0336. The number of carbonyl (C=O) groups excluding carboxylic acids is 4. The zero-order valence-electron chi connectivity index (χ0n) is 47.4. The van der Waals surface area contributed by atoms with Crippen LogP contribution in [0.1, 0.15) is 202 Å². The molecule has 20 atom stereocenters. The van der Waals surface area contributed by atoms with Crippen LogP contribution >= 0.6 is 0 Å². The van der Waals surface area contributed by atoms with Gasteiger partial charge in [-0.05, 0) is 221 Å². The molecule has 8 fully saturated rings. The van der Waals surface area contributed by atoms with Gasteiger partial charge in [0.05, 0.1) is 23.7 Å². The zero-order valence-corrected chi connectivity index (χ0v) is 49.1. The Balaban J connectivity index is 0.719. The molecule has 0 radical (unpaired) electrons. The number of amides is 2.